The molecule has 0 aliphatic carbocycles. The molecule has 7 heteroatoms. The average molecular weight is 297 g/mol. The van der Waals surface area contributed by atoms with Gasteiger partial charge in [-0.15, -0.1) is 5.10 Å². The quantitative estimate of drug-likeness (QED) is 0.518. The van der Waals surface area contributed by atoms with Crippen molar-refractivity contribution < 1.29 is 4.42 Å². The summed E-state index contributed by atoms with van der Waals surface area (Å²) in [7, 11) is 0. The molecule has 0 aliphatic heterocycles. The summed E-state index contributed by atoms with van der Waals surface area (Å²) in [4.78, 5) is 0. The van der Waals surface area contributed by atoms with Gasteiger partial charge in [0.25, 0.3) is 0 Å². The second-order valence-electron chi connectivity index (χ2n) is 3.60. The molecule has 0 amide bonds. The normalized spacial score (nSPS) is 10.8. The fourth-order valence-electron chi connectivity index (χ4n) is 1.41. The largest absolute Gasteiger partial charge is 0.455 e. The molecule has 19 heavy (non-hydrogen) atoms. The number of benzene rings is 1. The van der Waals surface area contributed by atoms with Crippen molar-refractivity contribution in [2.45, 2.75) is 0 Å². The molecule has 0 unspecified atom stereocenters. The molecular formula is C12H10Cl2N4O. The molecule has 4 N–H and O–H groups in total. The molecule has 0 aliphatic rings. The number of hydrogen-bond donors (Lipinski definition) is 2. The molecule has 1 heterocycles. The molecule has 0 saturated heterocycles. The summed E-state index contributed by atoms with van der Waals surface area (Å²) >= 11 is 12.0. The first-order chi connectivity index (χ1) is 9.06. The summed E-state index contributed by atoms with van der Waals surface area (Å²) in [6, 6.07) is 8.61. The van der Waals surface area contributed by atoms with E-state index in [4.69, 9.17) is 39.1 Å². The van der Waals surface area contributed by atoms with E-state index in [1.54, 1.807) is 30.3 Å². The summed E-state index contributed by atoms with van der Waals surface area (Å²) in [5, 5.41) is 8.24. The Morgan fingerprint density at radius 2 is 1.95 bits per heavy atom. The van der Waals surface area contributed by atoms with Gasteiger partial charge in [0.15, 0.2) is 0 Å². The first-order valence-electron chi connectivity index (χ1n) is 5.23. The van der Waals surface area contributed by atoms with Crippen LogP contribution in [0.25, 0.3) is 11.3 Å². The van der Waals surface area contributed by atoms with Gasteiger partial charge in [0, 0.05) is 10.6 Å². The van der Waals surface area contributed by atoms with Gasteiger partial charge in [0.05, 0.1) is 11.2 Å². The maximum absolute atomic E-state index is 6.08. The molecule has 1 aromatic carbocycles. The van der Waals surface area contributed by atoms with Gasteiger partial charge >= 0.3 is 0 Å². The number of nitrogens with two attached hydrogens (primary N) is 2. The number of rotatable bonds is 3. The van der Waals surface area contributed by atoms with E-state index in [0.717, 1.165) is 0 Å². The van der Waals surface area contributed by atoms with E-state index in [1.807, 2.05) is 0 Å². The lowest BCUT2D eigenvalue weighted by Gasteiger charge is -2.00. The zero-order chi connectivity index (χ0) is 13.8. The van der Waals surface area contributed by atoms with Crippen molar-refractivity contribution in [3.8, 4) is 11.3 Å². The third kappa shape index (κ3) is 3.49. The van der Waals surface area contributed by atoms with Crippen molar-refractivity contribution >= 4 is 35.4 Å². The van der Waals surface area contributed by atoms with Gasteiger partial charge in [-0.3, -0.25) is 0 Å². The monoisotopic (exact) mass is 296 g/mol. The zero-order valence-electron chi connectivity index (χ0n) is 9.68. The van der Waals surface area contributed by atoms with Crippen LogP contribution >= 0.6 is 23.2 Å². The van der Waals surface area contributed by atoms with E-state index < -0.39 is 0 Å². The molecule has 0 bridgehead atoms. The SMILES string of the molecule is NC(N)=N/N=C/c1ccc(-c2cc(Cl)ccc2Cl)o1. The van der Waals surface area contributed by atoms with Gasteiger partial charge in [-0.05, 0) is 30.3 Å². The minimum atomic E-state index is -0.124. The van der Waals surface area contributed by atoms with Crippen molar-refractivity contribution in [1.82, 2.24) is 0 Å². The highest BCUT2D eigenvalue weighted by atomic mass is 35.5. The second kappa shape index (κ2) is 5.77. The Bertz CT molecular complexity index is 645. The molecule has 2 aromatic rings. The smallest absolute Gasteiger partial charge is 0.211 e. The maximum atomic E-state index is 6.08. The fourth-order valence-corrected chi connectivity index (χ4v) is 1.79. The predicted octanol–water partition coefficient (Wildman–Crippen LogP) is 2.86. The molecule has 0 fully saturated rings. The Labute approximate surface area is 119 Å². The molecule has 0 spiro atoms. The van der Waals surface area contributed by atoms with Crippen LogP contribution in [-0.2, 0) is 0 Å². The lowest BCUT2D eigenvalue weighted by Crippen LogP contribution is -2.21. The van der Waals surface area contributed by atoms with Crippen LogP contribution in [0.3, 0.4) is 0 Å². The lowest BCUT2D eigenvalue weighted by molar-refractivity contribution is 0.575. The predicted molar refractivity (Wildman–Crippen MR) is 77.6 cm³/mol. The van der Waals surface area contributed by atoms with Crippen LogP contribution in [0.2, 0.25) is 10.0 Å². The first kappa shape index (κ1) is 13.5. The third-order valence-corrected chi connectivity index (χ3v) is 2.74. The van der Waals surface area contributed by atoms with Gasteiger partial charge < -0.3 is 15.9 Å². The minimum Gasteiger partial charge on any atom is -0.455 e. The van der Waals surface area contributed by atoms with Crippen molar-refractivity contribution in [3.63, 3.8) is 0 Å². The number of guanidine groups is 1. The van der Waals surface area contributed by atoms with Crippen LogP contribution in [0.5, 0.6) is 0 Å². The Morgan fingerprint density at radius 3 is 2.68 bits per heavy atom. The topological polar surface area (TPSA) is 89.9 Å². The van der Waals surface area contributed by atoms with Crippen molar-refractivity contribution in [2.24, 2.45) is 21.7 Å². The van der Waals surface area contributed by atoms with E-state index in [9.17, 15) is 0 Å². The minimum absolute atomic E-state index is 0.124. The van der Waals surface area contributed by atoms with Crippen LogP contribution in [0.4, 0.5) is 0 Å². The van der Waals surface area contributed by atoms with Crippen molar-refractivity contribution in [2.75, 3.05) is 0 Å². The van der Waals surface area contributed by atoms with Crippen LogP contribution in [0.15, 0.2) is 45.0 Å². The molecule has 0 atom stereocenters. The summed E-state index contributed by atoms with van der Waals surface area (Å²) in [5.41, 5.74) is 11.0. The van der Waals surface area contributed by atoms with E-state index in [0.29, 0.717) is 27.1 Å². The highest BCUT2D eigenvalue weighted by molar-refractivity contribution is 6.35. The van der Waals surface area contributed by atoms with E-state index in [2.05, 4.69) is 10.2 Å². The Morgan fingerprint density at radius 1 is 1.16 bits per heavy atom. The van der Waals surface area contributed by atoms with Crippen molar-refractivity contribution in [1.29, 1.82) is 0 Å². The number of nitrogens with zero attached hydrogens (tertiary/aromatic N) is 2. The lowest BCUT2D eigenvalue weighted by atomic mass is 10.2. The standard InChI is InChI=1S/C12H10Cl2N4O/c13-7-1-3-10(14)9(5-7)11-4-2-8(19-11)6-17-18-12(15)16/h1-6H,(H4,15,16,18)/b17-6+. The van der Waals surface area contributed by atoms with E-state index in [-0.39, 0.29) is 5.96 Å². The molecule has 98 valence electrons. The molecule has 0 radical (unpaired) electrons. The highest BCUT2D eigenvalue weighted by Crippen LogP contribution is 2.31. The van der Waals surface area contributed by atoms with Crippen LogP contribution < -0.4 is 11.5 Å². The zero-order valence-corrected chi connectivity index (χ0v) is 11.2. The number of furan rings is 1. The van der Waals surface area contributed by atoms with Crippen LogP contribution in [0.1, 0.15) is 5.76 Å². The van der Waals surface area contributed by atoms with Gasteiger partial charge in [0.1, 0.15) is 11.5 Å². The van der Waals surface area contributed by atoms with E-state index >= 15 is 0 Å². The second-order valence-corrected chi connectivity index (χ2v) is 4.44. The summed E-state index contributed by atoms with van der Waals surface area (Å²) < 4.78 is 5.54. The molecular weight excluding hydrogens is 287 g/mol. The van der Waals surface area contributed by atoms with E-state index in [1.165, 1.54) is 6.21 Å². The number of halogens is 2. The summed E-state index contributed by atoms with van der Waals surface area (Å²) in [6.07, 6.45) is 1.39. The average Bonchev–Trinajstić information content (AvgIpc) is 2.80. The Hall–Kier alpha value is -1.98. The molecule has 0 saturated carbocycles. The molecule has 2 rings (SSSR count). The van der Waals surface area contributed by atoms with Crippen molar-refractivity contribution in [3.05, 3.63) is 46.1 Å². The Kier molecular flexibility index (Phi) is 4.09. The molecule has 5 nitrogen and oxygen atoms in total. The fraction of sp³-hybridized carbons (Fsp3) is 0. The first-order valence-corrected chi connectivity index (χ1v) is 5.99. The van der Waals surface area contributed by atoms with Gasteiger partial charge in [-0.2, -0.15) is 5.10 Å². The van der Waals surface area contributed by atoms with Gasteiger partial charge in [-0.1, -0.05) is 23.2 Å². The maximum Gasteiger partial charge on any atom is 0.211 e. The molecule has 1 aromatic heterocycles. The summed E-state index contributed by atoms with van der Waals surface area (Å²) in [5.74, 6) is 0.954. The van der Waals surface area contributed by atoms with Gasteiger partial charge in [-0.25, -0.2) is 0 Å². The van der Waals surface area contributed by atoms with Crippen LogP contribution in [0, 0.1) is 0 Å². The number of hydrogen-bond acceptors (Lipinski definition) is 3. The van der Waals surface area contributed by atoms with Gasteiger partial charge in [0.2, 0.25) is 5.96 Å². The summed E-state index contributed by atoms with van der Waals surface area (Å²) in [6.45, 7) is 0. The third-order valence-electron chi connectivity index (χ3n) is 2.18. The highest BCUT2D eigenvalue weighted by Gasteiger charge is 2.08. The Balaban J connectivity index is 2.28. The van der Waals surface area contributed by atoms with Crippen LogP contribution in [-0.4, -0.2) is 12.2 Å².